The van der Waals surface area contributed by atoms with Crippen LogP contribution >= 0.6 is 0 Å². The van der Waals surface area contributed by atoms with Crippen LogP contribution in [0, 0.1) is 6.92 Å². The second-order valence-corrected chi connectivity index (χ2v) is 4.77. The lowest BCUT2D eigenvalue weighted by atomic mass is 10.1. The lowest BCUT2D eigenvalue weighted by Gasteiger charge is -2.37. The number of aryl methyl sites for hydroxylation is 1. The van der Waals surface area contributed by atoms with E-state index in [2.05, 4.69) is 27.2 Å². The summed E-state index contributed by atoms with van der Waals surface area (Å²) in [7, 11) is 0. The van der Waals surface area contributed by atoms with Crippen molar-refractivity contribution in [3.8, 4) is 0 Å². The molecule has 106 valence electrons. The highest BCUT2D eigenvalue weighted by molar-refractivity contribution is 5.59. The lowest BCUT2D eigenvalue weighted by molar-refractivity contribution is 0.0925. The Labute approximate surface area is 114 Å². The van der Waals surface area contributed by atoms with Crippen LogP contribution in [0.5, 0.6) is 0 Å². The molecule has 2 heterocycles. The van der Waals surface area contributed by atoms with Gasteiger partial charge < -0.3 is 15.1 Å². The van der Waals surface area contributed by atoms with Crippen molar-refractivity contribution < 1.29 is 4.74 Å². The zero-order chi connectivity index (χ0) is 13.8. The van der Waals surface area contributed by atoms with Crippen LogP contribution in [0.4, 0.5) is 11.6 Å². The van der Waals surface area contributed by atoms with Crippen molar-refractivity contribution in [1.82, 2.24) is 9.97 Å². The van der Waals surface area contributed by atoms with E-state index >= 15 is 0 Å². The number of nitrogens with two attached hydrogens (primary N) is 1. The molecule has 6 nitrogen and oxygen atoms in total. The lowest BCUT2D eigenvalue weighted by Crippen LogP contribution is -2.46. The molecule has 0 radical (unpaired) electrons. The van der Waals surface area contributed by atoms with Gasteiger partial charge in [-0.1, -0.05) is 13.8 Å². The van der Waals surface area contributed by atoms with Crippen molar-refractivity contribution in [2.75, 3.05) is 30.1 Å². The number of nitrogens with zero attached hydrogens (tertiary/aromatic N) is 3. The minimum atomic E-state index is 0.373. The van der Waals surface area contributed by atoms with Crippen LogP contribution in [-0.4, -0.2) is 35.8 Å². The molecule has 1 aliphatic heterocycles. The van der Waals surface area contributed by atoms with E-state index in [0.29, 0.717) is 11.9 Å². The Morgan fingerprint density at radius 1 is 1.42 bits per heavy atom. The summed E-state index contributed by atoms with van der Waals surface area (Å²) in [6, 6.07) is 0.373. The first-order valence-corrected chi connectivity index (χ1v) is 6.89. The normalized spacial score (nSPS) is 19.6. The smallest absolute Gasteiger partial charge is 0.148 e. The maximum Gasteiger partial charge on any atom is 0.148 e. The molecule has 0 bridgehead atoms. The van der Waals surface area contributed by atoms with Crippen LogP contribution in [0.1, 0.15) is 31.7 Å². The number of anilines is 2. The van der Waals surface area contributed by atoms with Crippen molar-refractivity contribution in [1.29, 1.82) is 0 Å². The van der Waals surface area contributed by atoms with Crippen molar-refractivity contribution in [3.05, 3.63) is 11.4 Å². The SMILES string of the molecule is CCc1nc(NN)c(C)c(N2CCOCC2CC)n1. The van der Waals surface area contributed by atoms with E-state index in [0.717, 1.165) is 49.8 Å². The molecule has 1 aliphatic rings. The predicted molar refractivity (Wildman–Crippen MR) is 76.2 cm³/mol. The third-order valence-corrected chi connectivity index (χ3v) is 3.59. The van der Waals surface area contributed by atoms with Gasteiger partial charge in [-0.25, -0.2) is 15.8 Å². The summed E-state index contributed by atoms with van der Waals surface area (Å²) < 4.78 is 5.55. The van der Waals surface area contributed by atoms with Gasteiger partial charge in [0.2, 0.25) is 0 Å². The van der Waals surface area contributed by atoms with E-state index in [4.69, 9.17) is 10.6 Å². The zero-order valence-electron chi connectivity index (χ0n) is 11.9. The minimum absolute atomic E-state index is 0.373. The Kier molecular flexibility index (Phi) is 4.55. The van der Waals surface area contributed by atoms with Crippen molar-refractivity contribution >= 4 is 11.6 Å². The second kappa shape index (κ2) is 6.16. The van der Waals surface area contributed by atoms with Gasteiger partial charge >= 0.3 is 0 Å². The third-order valence-electron chi connectivity index (χ3n) is 3.59. The van der Waals surface area contributed by atoms with Gasteiger partial charge in [-0.05, 0) is 13.3 Å². The van der Waals surface area contributed by atoms with Gasteiger partial charge in [0.1, 0.15) is 17.5 Å². The van der Waals surface area contributed by atoms with Gasteiger partial charge in [0.15, 0.2) is 0 Å². The average Bonchev–Trinajstić information content (AvgIpc) is 2.47. The molecule has 19 heavy (non-hydrogen) atoms. The first kappa shape index (κ1) is 14.0. The van der Waals surface area contributed by atoms with E-state index in [1.807, 2.05) is 13.8 Å². The fourth-order valence-electron chi connectivity index (χ4n) is 2.40. The Hall–Kier alpha value is -1.40. The number of nitrogen functional groups attached to an aromatic ring is 1. The van der Waals surface area contributed by atoms with Crippen molar-refractivity contribution in [2.24, 2.45) is 5.84 Å². The summed E-state index contributed by atoms with van der Waals surface area (Å²) in [6.07, 6.45) is 1.83. The highest BCUT2D eigenvalue weighted by Crippen LogP contribution is 2.27. The highest BCUT2D eigenvalue weighted by Gasteiger charge is 2.25. The minimum Gasteiger partial charge on any atom is -0.377 e. The first-order valence-electron chi connectivity index (χ1n) is 6.89. The summed E-state index contributed by atoms with van der Waals surface area (Å²) in [5.74, 6) is 8.06. The van der Waals surface area contributed by atoms with Gasteiger partial charge in [0.25, 0.3) is 0 Å². The molecule has 1 fully saturated rings. The van der Waals surface area contributed by atoms with Crippen molar-refractivity contribution in [2.45, 2.75) is 39.7 Å². The molecule has 0 aromatic carbocycles. The number of morpholine rings is 1. The highest BCUT2D eigenvalue weighted by atomic mass is 16.5. The molecule has 2 rings (SSSR count). The van der Waals surface area contributed by atoms with Crippen molar-refractivity contribution in [3.63, 3.8) is 0 Å². The largest absolute Gasteiger partial charge is 0.377 e. The van der Waals surface area contributed by atoms with Crippen LogP contribution < -0.4 is 16.2 Å². The van der Waals surface area contributed by atoms with E-state index in [9.17, 15) is 0 Å². The van der Waals surface area contributed by atoms with Gasteiger partial charge in [0.05, 0.1) is 19.3 Å². The van der Waals surface area contributed by atoms with E-state index in [1.165, 1.54) is 0 Å². The number of ether oxygens (including phenoxy) is 1. The molecule has 1 aromatic heterocycles. The molecule has 0 amide bonds. The van der Waals surface area contributed by atoms with Crippen LogP contribution in [0.15, 0.2) is 0 Å². The monoisotopic (exact) mass is 265 g/mol. The third kappa shape index (κ3) is 2.79. The van der Waals surface area contributed by atoms with E-state index < -0.39 is 0 Å². The average molecular weight is 265 g/mol. The summed E-state index contributed by atoms with van der Waals surface area (Å²) >= 11 is 0. The predicted octanol–water partition coefficient (Wildman–Crippen LogP) is 1.25. The van der Waals surface area contributed by atoms with Gasteiger partial charge in [-0.3, -0.25) is 0 Å². The fourth-order valence-corrected chi connectivity index (χ4v) is 2.40. The van der Waals surface area contributed by atoms with Crippen LogP contribution in [0.3, 0.4) is 0 Å². The topological polar surface area (TPSA) is 76.3 Å². The summed E-state index contributed by atoms with van der Waals surface area (Å²) in [4.78, 5) is 11.4. The Balaban J connectivity index is 2.41. The Bertz CT molecular complexity index is 437. The molecule has 1 unspecified atom stereocenters. The number of rotatable bonds is 4. The molecule has 0 spiro atoms. The summed E-state index contributed by atoms with van der Waals surface area (Å²) in [5, 5.41) is 0. The number of hydrazine groups is 1. The number of hydrogen-bond donors (Lipinski definition) is 2. The molecular weight excluding hydrogens is 242 g/mol. The molecule has 1 atom stereocenters. The number of aromatic nitrogens is 2. The molecular formula is C13H23N5O. The standard InChI is InChI=1S/C13H23N5O/c1-4-10-8-19-7-6-18(10)13-9(3)12(17-14)15-11(5-2)16-13/h10H,4-8,14H2,1-3H3,(H,15,16,17). The molecule has 3 N–H and O–H groups in total. The van der Waals surface area contributed by atoms with E-state index in [1.54, 1.807) is 0 Å². The summed E-state index contributed by atoms with van der Waals surface area (Å²) in [6.45, 7) is 8.59. The molecule has 1 aromatic rings. The van der Waals surface area contributed by atoms with Crippen LogP contribution in [-0.2, 0) is 11.2 Å². The van der Waals surface area contributed by atoms with Crippen LogP contribution in [0.25, 0.3) is 0 Å². The number of hydrogen-bond acceptors (Lipinski definition) is 6. The summed E-state index contributed by atoms with van der Waals surface area (Å²) in [5.41, 5.74) is 3.67. The van der Waals surface area contributed by atoms with E-state index in [-0.39, 0.29) is 0 Å². The molecule has 1 saturated heterocycles. The Morgan fingerprint density at radius 3 is 2.84 bits per heavy atom. The van der Waals surface area contributed by atoms with Gasteiger partial charge in [-0.2, -0.15) is 0 Å². The molecule has 6 heteroatoms. The van der Waals surface area contributed by atoms with Gasteiger partial charge in [-0.15, -0.1) is 0 Å². The zero-order valence-corrected chi connectivity index (χ0v) is 11.9. The molecule has 0 aliphatic carbocycles. The quantitative estimate of drug-likeness (QED) is 0.630. The number of nitrogens with one attached hydrogen (secondary N) is 1. The fraction of sp³-hybridized carbons (Fsp3) is 0.692. The Morgan fingerprint density at radius 2 is 2.21 bits per heavy atom. The maximum atomic E-state index is 5.56. The molecule has 0 saturated carbocycles. The van der Waals surface area contributed by atoms with Crippen LogP contribution in [0.2, 0.25) is 0 Å². The first-order chi connectivity index (χ1) is 9.21. The maximum absolute atomic E-state index is 5.56. The van der Waals surface area contributed by atoms with Gasteiger partial charge in [0, 0.05) is 18.5 Å². The second-order valence-electron chi connectivity index (χ2n) is 4.77.